The van der Waals surface area contributed by atoms with Crippen LogP contribution in [0.15, 0.2) is 34.4 Å². The van der Waals surface area contributed by atoms with Crippen molar-refractivity contribution in [3.8, 4) is 0 Å². The predicted molar refractivity (Wildman–Crippen MR) is 76.7 cm³/mol. The van der Waals surface area contributed by atoms with E-state index in [1.54, 1.807) is 18.2 Å². The largest absolute Gasteiger partial charge is 0.350 e. The molecule has 1 atom stereocenters. The molecule has 96 valence electrons. The van der Waals surface area contributed by atoms with Crippen molar-refractivity contribution in [2.45, 2.75) is 9.96 Å². The molecule has 0 fully saturated rings. The second kappa shape index (κ2) is 4.98. The van der Waals surface area contributed by atoms with Crippen LogP contribution < -0.4 is 5.69 Å². The Bertz CT molecular complexity index is 610. The minimum atomic E-state index is -1.93. The Labute approximate surface area is 127 Å². The van der Waals surface area contributed by atoms with Gasteiger partial charge in [0.1, 0.15) is 6.33 Å². The van der Waals surface area contributed by atoms with E-state index < -0.39 is 15.6 Å². The number of hydrogen-bond acceptors (Lipinski definition) is 3. The van der Waals surface area contributed by atoms with Gasteiger partial charge in [0.2, 0.25) is 0 Å². The Morgan fingerprint density at radius 2 is 2.06 bits per heavy atom. The molecule has 0 spiro atoms. The molecular formula is C9H5Cl4N3OS. The molecule has 0 bridgehead atoms. The van der Waals surface area contributed by atoms with Crippen LogP contribution in [0.25, 0.3) is 0 Å². The first-order valence-electron chi connectivity index (χ1n) is 4.63. The molecule has 9 heteroatoms. The van der Waals surface area contributed by atoms with Crippen molar-refractivity contribution in [1.82, 2.24) is 14.3 Å². The zero-order valence-corrected chi connectivity index (χ0v) is 12.4. The average molecular weight is 345 g/mol. The predicted octanol–water partition coefficient (Wildman–Crippen LogP) is 2.93. The monoisotopic (exact) mass is 343 g/mol. The van der Waals surface area contributed by atoms with Gasteiger partial charge in [0, 0.05) is 9.90 Å². The van der Waals surface area contributed by atoms with Gasteiger partial charge in [-0.1, -0.05) is 64.7 Å². The number of hydrogen-bond donors (Lipinski definition) is 0. The van der Waals surface area contributed by atoms with Crippen molar-refractivity contribution in [1.29, 1.82) is 0 Å². The van der Waals surface area contributed by atoms with E-state index in [4.69, 9.17) is 58.6 Å². The maximum Gasteiger partial charge on any atom is 0.350 e. The van der Waals surface area contributed by atoms with E-state index >= 15 is 0 Å². The number of allylic oxidation sites excluding steroid dienone is 4. The molecular weight excluding hydrogens is 340 g/mol. The number of thiocarbonyl (C=S) groups is 1. The Morgan fingerprint density at radius 3 is 2.56 bits per heavy atom. The SMILES string of the molecule is O=c1n(C2C=CC(Cl)=CC2=S)cnn1C(Cl)(Cl)Cl. The molecule has 0 saturated carbocycles. The fourth-order valence-electron chi connectivity index (χ4n) is 1.46. The van der Waals surface area contributed by atoms with Gasteiger partial charge in [-0.05, 0) is 12.2 Å². The number of halogens is 4. The molecule has 0 aliphatic heterocycles. The maximum atomic E-state index is 12.0. The van der Waals surface area contributed by atoms with Gasteiger partial charge < -0.3 is 0 Å². The van der Waals surface area contributed by atoms with E-state index in [0.717, 1.165) is 4.68 Å². The molecule has 1 unspecified atom stereocenters. The van der Waals surface area contributed by atoms with E-state index in [2.05, 4.69) is 5.10 Å². The number of rotatable bonds is 1. The molecule has 0 aromatic carbocycles. The van der Waals surface area contributed by atoms with Crippen LogP contribution in [-0.2, 0) is 3.92 Å². The van der Waals surface area contributed by atoms with Crippen molar-refractivity contribution < 1.29 is 0 Å². The van der Waals surface area contributed by atoms with Crippen LogP contribution in [0.1, 0.15) is 6.04 Å². The highest BCUT2D eigenvalue weighted by atomic mass is 35.6. The third kappa shape index (κ3) is 2.65. The summed E-state index contributed by atoms with van der Waals surface area (Å²) in [5.74, 6) is 0. The lowest BCUT2D eigenvalue weighted by atomic mass is 10.1. The molecule has 1 aromatic rings. The first kappa shape index (κ1) is 14.1. The third-order valence-electron chi connectivity index (χ3n) is 2.24. The Hall–Kier alpha value is -0.330. The topological polar surface area (TPSA) is 39.8 Å². The van der Waals surface area contributed by atoms with E-state index in [9.17, 15) is 4.79 Å². The molecule has 1 heterocycles. The van der Waals surface area contributed by atoms with Crippen LogP contribution >= 0.6 is 58.6 Å². The standard InChI is InChI=1S/C9H5Cl4N3OS/c10-5-1-2-6(7(18)3-5)15-4-14-16(8(15)17)9(11,12)13/h1-4,6H. The highest BCUT2D eigenvalue weighted by Crippen LogP contribution is 2.30. The first-order valence-corrected chi connectivity index (χ1v) is 6.55. The van der Waals surface area contributed by atoms with E-state index in [-0.39, 0.29) is 0 Å². The summed E-state index contributed by atoms with van der Waals surface area (Å²) in [6.45, 7) is 0. The summed E-state index contributed by atoms with van der Waals surface area (Å²) in [5, 5.41) is 4.24. The number of aromatic nitrogens is 3. The highest BCUT2D eigenvalue weighted by Gasteiger charge is 2.29. The van der Waals surface area contributed by atoms with E-state index in [1.165, 1.54) is 10.9 Å². The summed E-state index contributed by atoms with van der Waals surface area (Å²) in [5.41, 5.74) is -0.571. The molecule has 18 heavy (non-hydrogen) atoms. The summed E-state index contributed by atoms with van der Waals surface area (Å²) >= 11 is 27.8. The summed E-state index contributed by atoms with van der Waals surface area (Å²) < 4.78 is 0.0738. The van der Waals surface area contributed by atoms with Crippen molar-refractivity contribution in [2.24, 2.45) is 0 Å². The van der Waals surface area contributed by atoms with Crippen molar-refractivity contribution in [3.63, 3.8) is 0 Å². The molecule has 1 aromatic heterocycles. The summed E-state index contributed by atoms with van der Waals surface area (Å²) in [6, 6.07) is -0.462. The van der Waals surface area contributed by atoms with Gasteiger partial charge in [-0.3, -0.25) is 4.57 Å². The van der Waals surface area contributed by atoms with Crippen LogP contribution in [0.3, 0.4) is 0 Å². The maximum absolute atomic E-state index is 12.0. The fourth-order valence-corrected chi connectivity index (χ4v) is 2.38. The zero-order chi connectivity index (χ0) is 13.5. The lowest BCUT2D eigenvalue weighted by Crippen LogP contribution is -2.34. The van der Waals surface area contributed by atoms with Gasteiger partial charge in [-0.15, -0.1) is 0 Å². The smallest absolute Gasteiger partial charge is 0.269 e. The second-order valence-corrected chi connectivity index (χ2v) is 6.57. The van der Waals surface area contributed by atoms with Gasteiger partial charge in [0.25, 0.3) is 3.92 Å². The number of nitrogens with zero attached hydrogens (tertiary/aromatic N) is 3. The summed E-state index contributed by atoms with van der Waals surface area (Å²) in [6.07, 6.45) is 6.16. The molecule has 0 saturated heterocycles. The normalized spacial score (nSPS) is 20.1. The minimum absolute atomic E-state index is 0.462. The van der Waals surface area contributed by atoms with Crippen LogP contribution in [0.4, 0.5) is 0 Å². The number of alkyl halides is 3. The quantitative estimate of drug-likeness (QED) is 0.581. The molecule has 0 radical (unpaired) electrons. The Kier molecular flexibility index (Phi) is 3.90. The lowest BCUT2D eigenvalue weighted by Gasteiger charge is -2.15. The Morgan fingerprint density at radius 1 is 1.39 bits per heavy atom. The highest BCUT2D eigenvalue weighted by molar-refractivity contribution is 7.80. The van der Waals surface area contributed by atoms with Crippen molar-refractivity contribution in [3.05, 3.63) is 40.1 Å². The lowest BCUT2D eigenvalue weighted by molar-refractivity contribution is 0.620. The zero-order valence-electron chi connectivity index (χ0n) is 8.56. The van der Waals surface area contributed by atoms with E-state index in [0.29, 0.717) is 9.90 Å². The van der Waals surface area contributed by atoms with Gasteiger partial charge >= 0.3 is 5.69 Å². The van der Waals surface area contributed by atoms with Crippen molar-refractivity contribution in [2.75, 3.05) is 0 Å². The van der Waals surface area contributed by atoms with Crippen LogP contribution in [0.2, 0.25) is 0 Å². The fraction of sp³-hybridized carbons (Fsp3) is 0.222. The van der Waals surface area contributed by atoms with Crippen LogP contribution in [0.5, 0.6) is 0 Å². The minimum Gasteiger partial charge on any atom is -0.269 e. The molecule has 1 aliphatic rings. The molecule has 0 N–H and O–H groups in total. The van der Waals surface area contributed by atoms with Crippen molar-refractivity contribution >= 4 is 63.5 Å². The summed E-state index contributed by atoms with van der Waals surface area (Å²) in [7, 11) is 0. The molecule has 2 rings (SSSR count). The van der Waals surface area contributed by atoms with Crippen LogP contribution in [-0.4, -0.2) is 19.2 Å². The summed E-state index contributed by atoms with van der Waals surface area (Å²) in [4.78, 5) is 12.5. The van der Waals surface area contributed by atoms with E-state index in [1.807, 2.05) is 0 Å². The first-order chi connectivity index (χ1) is 8.30. The molecule has 0 amide bonds. The second-order valence-electron chi connectivity index (χ2n) is 3.44. The van der Waals surface area contributed by atoms with Gasteiger partial charge in [-0.2, -0.15) is 9.78 Å². The average Bonchev–Trinajstić information content (AvgIpc) is 2.60. The van der Waals surface area contributed by atoms with Gasteiger partial charge in [-0.25, -0.2) is 4.79 Å². The van der Waals surface area contributed by atoms with Gasteiger partial charge in [0.15, 0.2) is 0 Å². The van der Waals surface area contributed by atoms with Gasteiger partial charge in [0.05, 0.1) is 6.04 Å². The van der Waals surface area contributed by atoms with Crippen LogP contribution in [0, 0.1) is 0 Å². The Balaban J connectivity index is 2.44. The molecule has 4 nitrogen and oxygen atoms in total. The molecule has 1 aliphatic carbocycles. The third-order valence-corrected chi connectivity index (χ3v) is 3.32.